The second-order valence-electron chi connectivity index (χ2n) is 7.99. The zero-order valence-corrected chi connectivity index (χ0v) is 14.9. The summed E-state index contributed by atoms with van der Waals surface area (Å²) in [7, 11) is 0. The van der Waals surface area contributed by atoms with E-state index in [9.17, 15) is 9.59 Å². The Morgan fingerprint density at radius 1 is 1.32 bits per heavy atom. The normalized spacial score (nSPS) is 21.1. The highest BCUT2D eigenvalue weighted by Crippen LogP contribution is 2.26. The van der Waals surface area contributed by atoms with Crippen molar-refractivity contribution in [3.05, 3.63) is 16.6 Å². The van der Waals surface area contributed by atoms with E-state index in [1.807, 2.05) is 25.7 Å². The fourth-order valence-corrected chi connectivity index (χ4v) is 3.35. The molecule has 1 aliphatic carbocycles. The maximum Gasteiger partial charge on any atom is 0.263 e. The molecule has 1 amide bonds. The predicted molar refractivity (Wildman–Crippen MR) is 94.7 cm³/mol. The van der Waals surface area contributed by atoms with Crippen molar-refractivity contribution in [2.24, 2.45) is 0 Å². The molecule has 0 spiro atoms. The van der Waals surface area contributed by atoms with E-state index in [0.29, 0.717) is 29.6 Å². The Morgan fingerprint density at radius 2 is 2.08 bits per heavy atom. The molecule has 3 heterocycles. The maximum absolute atomic E-state index is 12.5. The summed E-state index contributed by atoms with van der Waals surface area (Å²) in [6.45, 7) is 6.76. The zero-order valence-electron chi connectivity index (χ0n) is 14.9. The van der Waals surface area contributed by atoms with Gasteiger partial charge in [-0.2, -0.15) is 10.1 Å². The molecule has 0 unspecified atom stereocenters. The lowest BCUT2D eigenvalue weighted by Gasteiger charge is -2.25. The number of rotatable bonds is 3. The topological polar surface area (TPSA) is 95.9 Å². The van der Waals surface area contributed by atoms with Crippen LogP contribution >= 0.6 is 0 Å². The number of aromatic nitrogens is 4. The molecule has 2 N–H and O–H groups in total. The molecule has 8 nitrogen and oxygen atoms in total. The van der Waals surface area contributed by atoms with Gasteiger partial charge in [0.15, 0.2) is 5.65 Å². The molecular formula is C17H24N6O2. The van der Waals surface area contributed by atoms with Gasteiger partial charge in [0.2, 0.25) is 11.9 Å². The van der Waals surface area contributed by atoms with Crippen LogP contribution in [-0.2, 0) is 10.3 Å². The van der Waals surface area contributed by atoms with Gasteiger partial charge in [0.05, 0.1) is 11.7 Å². The van der Waals surface area contributed by atoms with Crippen LogP contribution in [0.4, 0.5) is 5.95 Å². The minimum atomic E-state index is -0.284. The van der Waals surface area contributed by atoms with Gasteiger partial charge >= 0.3 is 0 Å². The van der Waals surface area contributed by atoms with Gasteiger partial charge < -0.3 is 10.2 Å². The van der Waals surface area contributed by atoms with Gasteiger partial charge in [0.25, 0.3) is 5.56 Å². The van der Waals surface area contributed by atoms with Crippen molar-refractivity contribution in [3.8, 4) is 0 Å². The molecular weight excluding hydrogens is 320 g/mol. The van der Waals surface area contributed by atoms with Gasteiger partial charge in [0.1, 0.15) is 11.4 Å². The smallest absolute Gasteiger partial charge is 0.263 e. The lowest BCUT2D eigenvalue weighted by atomic mass is 10.1. The van der Waals surface area contributed by atoms with E-state index in [1.54, 1.807) is 10.9 Å². The second-order valence-corrected chi connectivity index (χ2v) is 7.99. The van der Waals surface area contributed by atoms with Gasteiger partial charge in [-0.25, -0.2) is 4.68 Å². The fraction of sp³-hybridized carbons (Fsp3) is 0.647. The number of aromatic amines is 1. The van der Waals surface area contributed by atoms with Crippen LogP contribution in [0.25, 0.3) is 11.0 Å². The van der Waals surface area contributed by atoms with E-state index < -0.39 is 0 Å². The minimum Gasteiger partial charge on any atom is -0.352 e. The van der Waals surface area contributed by atoms with Crippen LogP contribution in [0.5, 0.6) is 0 Å². The Labute approximate surface area is 145 Å². The predicted octanol–water partition coefficient (Wildman–Crippen LogP) is 1.12. The first-order chi connectivity index (χ1) is 11.8. The van der Waals surface area contributed by atoms with Crippen molar-refractivity contribution in [1.82, 2.24) is 25.1 Å². The molecule has 0 radical (unpaired) electrons. The summed E-state index contributed by atoms with van der Waals surface area (Å²) >= 11 is 0. The van der Waals surface area contributed by atoms with Crippen LogP contribution < -0.4 is 15.8 Å². The van der Waals surface area contributed by atoms with Crippen LogP contribution in [0, 0.1) is 0 Å². The molecule has 2 aromatic heterocycles. The number of fused-ring (bicyclic) bond motifs is 1. The SMILES string of the molecule is CC(C)(C)n1ncc2c(=O)[nH]c(N3CCC[C@H]3C(=O)NC3CC3)nc21. The monoisotopic (exact) mass is 344 g/mol. The van der Waals surface area contributed by atoms with Crippen molar-refractivity contribution in [2.75, 3.05) is 11.4 Å². The lowest BCUT2D eigenvalue weighted by Crippen LogP contribution is -2.45. The quantitative estimate of drug-likeness (QED) is 0.870. The fourth-order valence-electron chi connectivity index (χ4n) is 3.35. The Balaban J connectivity index is 1.72. The van der Waals surface area contributed by atoms with Crippen LogP contribution in [0.2, 0.25) is 0 Å². The van der Waals surface area contributed by atoms with Crippen molar-refractivity contribution in [3.63, 3.8) is 0 Å². The van der Waals surface area contributed by atoms with Crippen LogP contribution in [0.1, 0.15) is 46.5 Å². The zero-order chi connectivity index (χ0) is 17.8. The Morgan fingerprint density at radius 3 is 2.76 bits per heavy atom. The summed E-state index contributed by atoms with van der Waals surface area (Å²) in [6, 6.07) is 0.0546. The highest BCUT2D eigenvalue weighted by atomic mass is 16.2. The molecule has 25 heavy (non-hydrogen) atoms. The number of amides is 1. The Bertz CT molecular complexity index is 873. The number of hydrogen-bond donors (Lipinski definition) is 2. The Hall–Kier alpha value is -2.38. The molecule has 0 bridgehead atoms. The third kappa shape index (κ3) is 2.89. The van der Waals surface area contributed by atoms with Crippen molar-refractivity contribution in [2.45, 2.75) is 64.1 Å². The van der Waals surface area contributed by atoms with Crippen LogP contribution in [0.15, 0.2) is 11.0 Å². The number of H-pyrrole nitrogens is 1. The molecule has 2 aliphatic rings. The average Bonchev–Trinajstić information content (AvgIpc) is 3.04. The van der Waals surface area contributed by atoms with E-state index >= 15 is 0 Å². The summed E-state index contributed by atoms with van der Waals surface area (Å²) in [5.41, 5.74) is 0.0522. The molecule has 1 saturated carbocycles. The lowest BCUT2D eigenvalue weighted by molar-refractivity contribution is -0.122. The summed E-state index contributed by atoms with van der Waals surface area (Å²) in [4.78, 5) is 34.4. The molecule has 1 aliphatic heterocycles. The number of carbonyl (C=O) groups is 1. The average molecular weight is 344 g/mol. The molecule has 2 fully saturated rings. The van der Waals surface area contributed by atoms with Crippen molar-refractivity contribution in [1.29, 1.82) is 0 Å². The maximum atomic E-state index is 12.5. The highest BCUT2D eigenvalue weighted by molar-refractivity contribution is 5.86. The number of hydrogen-bond acceptors (Lipinski definition) is 5. The van der Waals surface area contributed by atoms with Gasteiger partial charge in [0, 0.05) is 12.6 Å². The second kappa shape index (κ2) is 5.57. The standard InChI is InChI=1S/C17H24N6O2/c1-17(2,3)23-13-11(9-18-23)14(24)21-16(20-13)22-8-4-5-12(22)15(25)19-10-6-7-10/h9-10,12H,4-8H2,1-3H3,(H,19,25)(H,20,21,24)/t12-/m0/s1. The first-order valence-corrected chi connectivity index (χ1v) is 8.90. The Kier molecular flexibility index (Phi) is 3.59. The number of carbonyl (C=O) groups excluding carboxylic acids is 1. The molecule has 4 rings (SSSR count). The van der Waals surface area contributed by atoms with E-state index in [0.717, 1.165) is 25.7 Å². The summed E-state index contributed by atoms with van der Waals surface area (Å²) in [5, 5.41) is 7.86. The summed E-state index contributed by atoms with van der Waals surface area (Å²) in [6.07, 6.45) is 5.36. The van der Waals surface area contributed by atoms with Crippen molar-refractivity contribution < 1.29 is 4.79 Å². The molecule has 134 valence electrons. The van der Waals surface area contributed by atoms with Gasteiger partial charge in [-0.15, -0.1) is 0 Å². The molecule has 1 saturated heterocycles. The van der Waals surface area contributed by atoms with E-state index in [4.69, 9.17) is 0 Å². The van der Waals surface area contributed by atoms with E-state index in [2.05, 4.69) is 20.4 Å². The van der Waals surface area contributed by atoms with E-state index in [-0.39, 0.29) is 23.0 Å². The molecule has 0 aromatic carbocycles. The van der Waals surface area contributed by atoms with E-state index in [1.165, 1.54) is 0 Å². The van der Waals surface area contributed by atoms with Gasteiger partial charge in [-0.1, -0.05) is 0 Å². The summed E-state index contributed by atoms with van der Waals surface area (Å²) < 4.78 is 1.76. The van der Waals surface area contributed by atoms with Gasteiger partial charge in [-0.05, 0) is 46.5 Å². The highest BCUT2D eigenvalue weighted by Gasteiger charge is 2.35. The first kappa shape index (κ1) is 16.1. The first-order valence-electron chi connectivity index (χ1n) is 8.90. The third-order valence-corrected chi connectivity index (χ3v) is 4.81. The largest absolute Gasteiger partial charge is 0.352 e. The third-order valence-electron chi connectivity index (χ3n) is 4.81. The van der Waals surface area contributed by atoms with Crippen molar-refractivity contribution >= 4 is 22.9 Å². The minimum absolute atomic E-state index is 0.0343. The number of nitrogens with one attached hydrogen (secondary N) is 2. The van der Waals surface area contributed by atoms with Crippen LogP contribution in [-0.4, -0.2) is 44.3 Å². The van der Waals surface area contributed by atoms with Gasteiger partial charge in [-0.3, -0.25) is 14.6 Å². The number of anilines is 1. The molecule has 2 aromatic rings. The molecule has 8 heteroatoms. The number of nitrogens with zero attached hydrogens (tertiary/aromatic N) is 4. The molecule has 1 atom stereocenters. The van der Waals surface area contributed by atoms with Crippen LogP contribution in [0.3, 0.4) is 0 Å². The summed E-state index contributed by atoms with van der Waals surface area (Å²) in [5.74, 6) is 0.490.